The van der Waals surface area contributed by atoms with Gasteiger partial charge in [0.15, 0.2) is 0 Å². The number of hydrogen-bond donors (Lipinski definition) is 3. The summed E-state index contributed by atoms with van der Waals surface area (Å²) < 4.78 is 5.79. The van der Waals surface area contributed by atoms with Crippen LogP contribution in [0.15, 0.2) is 54.7 Å². The normalized spacial score (nSPS) is 15.3. The molecule has 0 saturated heterocycles. The topological polar surface area (TPSA) is 96.1 Å². The first-order chi connectivity index (χ1) is 14.1. The third kappa shape index (κ3) is 4.63. The summed E-state index contributed by atoms with van der Waals surface area (Å²) >= 11 is 0. The number of hydrogen-bond acceptors (Lipinski definition) is 4. The van der Waals surface area contributed by atoms with Crippen LogP contribution < -0.4 is 15.4 Å². The van der Waals surface area contributed by atoms with Crippen molar-refractivity contribution in [3.63, 3.8) is 0 Å². The molecule has 1 aromatic heterocycles. The molecule has 0 spiro atoms. The molecule has 2 amide bonds. The van der Waals surface area contributed by atoms with Crippen LogP contribution in [0.1, 0.15) is 23.2 Å². The third-order valence-corrected chi connectivity index (χ3v) is 4.90. The Kier molecular flexibility index (Phi) is 5.29. The summed E-state index contributed by atoms with van der Waals surface area (Å²) in [5.74, 6) is 0.0653. The lowest BCUT2D eigenvalue weighted by atomic mass is 9.94. The van der Waals surface area contributed by atoms with E-state index in [0.29, 0.717) is 17.9 Å². The average molecular weight is 390 g/mol. The van der Waals surface area contributed by atoms with Crippen molar-refractivity contribution in [1.82, 2.24) is 15.5 Å². The maximum Gasteiger partial charge on any atom is 0.313 e. The number of nitrogens with zero attached hydrogens (tertiary/aromatic N) is 1. The molecule has 4 rings (SSSR count). The number of aryl methyl sites for hydroxylation is 2. The summed E-state index contributed by atoms with van der Waals surface area (Å²) in [6.07, 6.45) is 4.09. The Balaban J connectivity index is 1.30. The van der Waals surface area contributed by atoms with Crippen LogP contribution in [0.4, 0.5) is 5.69 Å². The van der Waals surface area contributed by atoms with Crippen molar-refractivity contribution in [2.45, 2.75) is 32.2 Å². The number of carbonyl (C=O) groups excluding carboxylic acids is 2. The van der Waals surface area contributed by atoms with Crippen LogP contribution in [-0.4, -0.2) is 28.1 Å². The van der Waals surface area contributed by atoms with Gasteiger partial charge in [0.1, 0.15) is 11.5 Å². The van der Waals surface area contributed by atoms with Crippen LogP contribution in [0.2, 0.25) is 0 Å². The van der Waals surface area contributed by atoms with E-state index in [2.05, 4.69) is 20.8 Å². The van der Waals surface area contributed by atoms with Gasteiger partial charge < -0.3 is 15.4 Å². The number of anilines is 1. The molecule has 1 aliphatic rings. The summed E-state index contributed by atoms with van der Waals surface area (Å²) in [6, 6.07) is 14.6. The van der Waals surface area contributed by atoms with E-state index in [-0.39, 0.29) is 6.04 Å². The number of ether oxygens (including phenoxy) is 1. The van der Waals surface area contributed by atoms with E-state index in [1.165, 1.54) is 5.56 Å². The van der Waals surface area contributed by atoms with Crippen LogP contribution >= 0.6 is 0 Å². The van der Waals surface area contributed by atoms with Gasteiger partial charge in [-0.2, -0.15) is 5.10 Å². The maximum absolute atomic E-state index is 12.2. The molecule has 7 heteroatoms. The molecular formula is C22H22N4O3. The molecule has 7 nitrogen and oxygen atoms in total. The Morgan fingerprint density at radius 1 is 1.10 bits per heavy atom. The highest BCUT2D eigenvalue weighted by molar-refractivity contribution is 6.39. The standard InChI is InChI=1S/C22H22N4O3/c1-14-3-2-4-19(11-14)29-18-9-7-16(8-10-18)24-21(27)22(28)25-17-6-5-15-13-23-26-20(15)12-17/h2-4,7-11,13,17H,5-6,12H2,1H3,(H,23,26)(H,24,27)(H,25,28). The second-order valence-corrected chi connectivity index (χ2v) is 7.18. The third-order valence-electron chi connectivity index (χ3n) is 4.90. The van der Waals surface area contributed by atoms with E-state index in [1.54, 1.807) is 24.3 Å². The van der Waals surface area contributed by atoms with Gasteiger partial charge in [-0.15, -0.1) is 0 Å². The van der Waals surface area contributed by atoms with E-state index in [4.69, 9.17) is 4.74 Å². The first-order valence-corrected chi connectivity index (χ1v) is 9.54. The van der Waals surface area contributed by atoms with Crippen molar-refractivity contribution in [2.75, 3.05) is 5.32 Å². The first-order valence-electron chi connectivity index (χ1n) is 9.54. The summed E-state index contributed by atoms with van der Waals surface area (Å²) in [5.41, 5.74) is 3.83. The predicted octanol–water partition coefficient (Wildman–Crippen LogP) is 3.12. The Morgan fingerprint density at radius 2 is 1.93 bits per heavy atom. The minimum atomic E-state index is -0.687. The maximum atomic E-state index is 12.2. The molecule has 29 heavy (non-hydrogen) atoms. The van der Waals surface area contributed by atoms with Gasteiger partial charge in [-0.1, -0.05) is 12.1 Å². The molecule has 0 fully saturated rings. The van der Waals surface area contributed by atoms with E-state index in [1.807, 2.05) is 37.4 Å². The van der Waals surface area contributed by atoms with Crippen LogP contribution in [0.5, 0.6) is 11.5 Å². The van der Waals surface area contributed by atoms with Crippen LogP contribution in [0.25, 0.3) is 0 Å². The lowest BCUT2D eigenvalue weighted by Crippen LogP contribution is -2.44. The Labute approximate surface area is 168 Å². The van der Waals surface area contributed by atoms with Crippen molar-refractivity contribution in [3.8, 4) is 11.5 Å². The number of amides is 2. The van der Waals surface area contributed by atoms with Crippen LogP contribution in [-0.2, 0) is 22.4 Å². The first kappa shape index (κ1) is 18.7. The van der Waals surface area contributed by atoms with Crippen molar-refractivity contribution in [2.24, 2.45) is 0 Å². The Bertz CT molecular complexity index is 1030. The fourth-order valence-corrected chi connectivity index (χ4v) is 3.39. The largest absolute Gasteiger partial charge is 0.457 e. The zero-order valence-corrected chi connectivity index (χ0v) is 16.1. The quantitative estimate of drug-likeness (QED) is 0.597. The van der Waals surface area contributed by atoms with E-state index >= 15 is 0 Å². The highest BCUT2D eigenvalue weighted by Gasteiger charge is 2.24. The molecule has 2 aromatic carbocycles. The van der Waals surface area contributed by atoms with E-state index < -0.39 is 11.8 Å². The molecule has 0 aliphatic heterocycles. The monoisotopic (exact) mass is 390 g/mol. The number of H-pyrrole nitrogens is 1. The summed E-state index contributed by atoms with van der Waals surface area (Å²) in [7, 11) is 0. The van der Waals surface area contributed by atoms with Gasteiger partial charge >= 0.3 is 11.8 Å². The van der Waals surface area contributed by atoms with Crippen molar-refractivity contribution >= 4 is 17.5 Å². The number of aromatic amines is 1. The molecule has 1 heterocycles. The van der Waals surface area contributed by atoms with Gasteiger partial charge in [-0.25, -0.2) is 0 Å². The minimum Gasteiger partial charge on any atom is -0.457 e. The fraction of sp³-hybridized carbons (Fsp3) is 0.227. The van der Waals surface area contributed by atoms with Crippen LogP contribution in [0, 0.1) is 6.92 Å². The second-order valence-electron chi connectivity index (χ2n) is 7.18. The smallest absolute Gasteiger partial charge is 0.313 e. The van der Waals surface area contributed by atoms with Crippen molar-refractivity contribution in [3.05, 3.63) is 71.5 Å². The molecule has 3 aromatic rings. The van der Waals surface area contributed by atoms with E-state index in [0.717, 1.165) is 29.8 Å². The van der Waals surface area contributed by atoms with Gasteiger partial charge in [0.2, 0.25) is 0 Å². The summed E-state index contributed by atoms with van der Waals surface area (Å²) in [4.78, 5) is 24.5. The van der Waals surface area contributed by atoms with Gasteiger partial charge in [0.05, 0.1) is 6.20 Å². The minimum absolute atomic E-state index is 0.0775. The lowest BCUT2D eigenvalue weighted by Gasteiger charge is -2.22. The number of nitrogens with one attached hydrogen (secondary N) is 3. The van der Waals surface area contributed by atoms with Gasteiger partial charge in [-0.3, -0.25) is 14.7 Å². The van der Waals surface area contributed by atoms with Gasteiger partial charge in [0.25, 0.3) is 0 Å². The van der Waals surface area contributed by atoms with Gasteiger partial charge in [-0.05, 0) is 67.3 Å². The zero-order valence-electron chi connectivity index (χ0n) is 16.1. The molecule has 148 valence electrons. The number of fused-ring (bicyclic) bond motifs is 1. The highest BCUT2D eigenvalue weighted by atomic mass is 16.5. The number of aromatic nitrogens is 2. The summed E-state index contributed by atoms with van der Waals surface area (Å²) in [5, 5.41) is 12.4. The summed E-state index contributed by atoms with van der Waals surface area (Å²) in [6.45, 7) is 2.00. The Morgan fingerprint density at radius 3 is 2.72 bits per heavy atom. The zero-order chi connectivity index (χ0) is 20.2. The molecule has 0 saturated carbocycles. The molecule has 1 atom stereocenters. The fourth-order valence-electron chi connectivity index (χ4n) is 3.39. The molecule has 0 radical (unpaired) electrons. The molecule has 1 aliphatic carbocycles. The van der Waals surface area contributed by atoms with Crippen LogP contribution in [0.3, 0.4) is 0 Å². The number of rotatable bonds is 4. The molecule has 1 unspecified atom stereocenters. The lowest BCUT2D eigenvalue weighted by molar-refractivity contribution is -0.136. The van der Waals surface area contributed by atoms with Crippen molar-refractivity contribution < 1.29 is 14.3 Å². The van der Waals surface area contributed by atoms with Crippen molar-refractivity contribution in [1.29, 1.82) is 0 Å². The SMILES string of the molecule is Cc1cccc(Oc2ccc(NC(=O)C(=O)NC3CCc4cn[nH]c4C3)cc2)c1. The molecule has 3 N–H and O–H groups in total. The van der Waals surface area contributed by atoms with Gasteiger partial charge in [0, 0.05) is 23.8 Å². The predicted molar refractivity (Wildman–Crippen MR) is 109 cm³/mol. The molecule has 0 bridgehead atoms. The highest BCUT2D eigenvalue weighted by Crippen LogP contribution is 2.24. The average Bonchev–Trinajstić information content (AvgIpc) is 3.17. The van der Waals surface area contributed by atoms with E-state index in [9.17, 15) is 9.59 Å². The molecular weight excluding hydrogens is 368 g/mol. The number of carbonyl (C=O) groups is 2. The Hall–Kier alpha value is -3.61. The number of benzene rings is 2. The second kappa shape index (κ2) is 8.18.